The van der Waals surface area contributed by atoms with Crippen LogP contribution >= 0.6 is 11.6 Å². The maximum absolute atomic E-state index is 6.29. The molecule has 1 aliphatic rings. The van der Waals surface area contributed by atoms with Crippen molar-refractivity contribution in [3.63, 3.8) is 0 Å². The second-order valence-corrected chi connectivity index (χ2v) is 7.91. The predicted octanol–water partition coefficient (Wildman–Crippen LogP) is 4.66. The Hall–Kier alpha value is -0.570. The van der Waals surface area contributed by atoms with E-state index >= 15 is 0 Å². The van der Waals surface area contributed by atoms with Gasteiger partial charge >= 0.3 is 0 Å². The summed E-state index contributed by atoms with van der Waals surface area (Å²) < 4.78 is 2.19. The van der Waals surface area contributed by atoms with Crippen molar-refractivity contribution >= 4 is 11.6 Å². The molecule has 0 unspecified atom stereocenters. The number of hydrogen-bond acceptors (Lipinski definition) is 2. The maximum Gasteiger partial charge on any atom is 0.225 e. The van der Waals surface area contributed by atoms with E-state index in [0.717, 1.165) is 31.5 Å². The lowest BCUT2D eigenvalue weighted by Gasteiger charge is -2.45. The molecular weight excluding hydrogens is 258 g/mol. The first-order valence-electron chi connectivity index (χ1n) is 7.33. The quantitative estimate of drug-likeness (QED) is 0.808. The van der Waals surface area contributed by atoms with E-state index in [2.05, 4.69) is 49.4 Å². The van der Waals surface area contributed by atoms with Gasteiger partial charge in [-0.25, -0.2) is 0 Å². The summed E-state index contributed by atoms with van der Waals surface area (Å²) in [5.74, 6) is 1.05. The van der Waals surface area contributed by atoms with Gasteiger partial charge in [-0.3, -0.25) is 4.57 Å². The predicted molar refractivity (Wildman–Crippen MR) is 79.5 cm³/mol. The van der Waals surface area contributed by atoms with Crippen LogP contribution in [0.3, 0.4) is 0 Å². The van der Waals surface area contributed by atoms with Gasteiger partial charge in [0.05, 0.1) is 0 Å². The lowest BCUT2D eigenvalue weighted by atomic mass is 9.63. The van der Waals surface area contributed by atoms with Crippen LogP contribution < -0.4 is 0 Å². The summed E-state index contributed by atoms with van der Waals surface area (Å²) in [7, 11) is 0. The van der Waals surface area contributed by atoms with Crippen LogP contribution in [-0.2, 0) is 6.42 Å². The summed E-state index contributed by atoms with van der Waals surface area (Å²) in [4.78, 5) is 0. The fourth-order valence-electron chi connectivity index (χ4n) is 4.03. The Balaban J connectivity index is 2.33. The number of rotatable bonds is 3. The van der Waals surface area contributed by atoms with Crippen LogP contribution in [0.5, 0.6) is 0 Å². The Morgan fingerprint density at radius 1 is 1.16 bits per heavy atom. The fraction of sp³-hybridized carbons (Fsp3) is 0.867. The minimum Gasteiger partial charge on any atom is -0.299 e. The first-order valence-corrected chi connectivity index (χ1v) is 7.71. The summed E-state index contributed by atoms with van der Waals surface area (Å²) in [6, 6.07) is 0.433. The molecule has 1 fully saturated rings. The van der Waals surface area contributed by atoms with Crippen molar-refractivity contribution in [3.05, 3.63) is 11.1 Å². The smallest absolute Gasteiger partial charge is 0.225 e. The summed E-state index contributed by atoms with van der Waals surface area (Å²) >= 11 is 6.29. The van der Waals surface area contributed by atoms with E-state index in [-0.39, 0.29) is 0 Å². The SMILES string of the molecule is CCCc1nnc(Cl)n1C1CC(C)(C)CC(C)(C)C1. The van der Waals surface area contributed by atoms with E-state index in [1.165, 1.54) is 6.42 Å². The fourth-order valence-corrected chi connectivity index (χ4v) is 4.30. The molecule has 4 heteroatoms. The molecule has 1 heterocycles. The number of aryl methyl sites for hydroxylation is 1. The van der Waals surface area contributed by atoms with Gasteiger partial charge in [-0.2, -0.15) is 0 Å². The van der Waals surface area contributed by atoms with Crippen molar-refractivity contribution in [2.75, 3.05) is 0 Å². The van der Waals surface area contributed by atoms with Gasteiger partial charge in [0.15, 0.2) is 0 Å². The van der Waals surface area contributed by atoms with Crippen molar-refractivity contribution < 1.29 is 0 Å². The molecule has 0 aromatic carbocycles. The zero-order valence-electron chi connectivity index (χ0n) is 12.8. The second kappa shape index (κ2) is 5.08. The topological polar surface area (TPSA) is 30.7 Å². The summed E-state index contributed by atoms with van der Waals surface area (Å²) in [5.41, 5.74) is 0.701. The number of aromatic nitrogens is 3. The van der Waals surface area contributed by atoms with E-state index in [9.17, 15) is 0 Å². The third-order valence-electron chi connectivity index (χ3n) is 4.10. The van der Waals surface area contributed by atoms with Gasteiger partial charge in [0.25, 0.3) is 0 Å². The molecule has 108 valence electrons. The van der Waals surface area contributed by atoms with E-state index < -0.39 is 0 Å². The van der Waals surface area contributed by atoms with Gasteiger partial charge in [-0.1, -0.05) is 34.6 Å². The highest BCUT2D eigenvalue weighted by Gasteiger charge is 2.40. The van der Waals surface area contributed by atoms with Crippen molar-refractivity contribution in [3.8, 4) is 0 Å². The lowest BCUT2D eigenvalue weighted by molar-refractivity contribution is 0.0711. The summed E-state index contributed by atoms with van der Waals surface area (Å²) in [6.45, 7) is 11.6. The van der Waals surface area contributed by atoms with Crippen LogP contribution in [0.4, 0.5) is 0 Å². The first-order chi connectivity index (χ1) is 8.74. The van der Waals surface area contributed by atoms with Crippen LogP contribution in [0.25, 0.3) is 0 Å². The average molecular weight is 284 g/mol. The van der Waals surface area contributed by atoms with E-state index in [1.54, 1.807) is 0 Å². The molecular formula is C15H26ClN3. The molecule has 2 rings (SSSR count). The average Bonchev–Trinajstić information content (AvgIpc) is 2.55. The van der Waals surface area contributed by atoms with Crippen molar-refractivity contribution in [1.82, 2.24) is 14.8 Å². The molecule has 19 heavy (non-hydrogen) atoms. The highest BCUT2D eigenvalue weighted by molar-refractivity contribution is 6.28. The van der Waals surface area contributed by atoms with E-state index in [4.69, 9.17) is 11.6 Å². The van der Waals surface area contributed by atoms with Crippen molar-refractivity contribution in [1.29, 1.82) is 0 Å². The largest absolute Gasteiger partial charge is 0.299 e. The summed E-state index contributed by atoms with van der Waals surface area (Å²) in [5, 5.41) is 8.90. The van der Waals surface area contributed by atoms with Gasteiger partial charge in [-0.15, -0.1) is 10.2 Å². The molecule has 1 aliphatic carbocycles. The number of hydrogen-bond donors (Lipinski definition) is 0. The highest BCUT2D eigenvalue weighted by atomic mass is 35.5. The molecule has 0 bridgehead atoms. The highest BCUT2D eigenvalue weighted by Crippen LogP contribution is 2.50. The Morgan fingerprint density at radius 2 is 1.74 bits per heavy atom. The molecule has 1 aromatic rings. The Bertz CT molecular complexity index is 432. The van der Waals surface area contributed by atoms with E-state index in [1.807, 2.05) is 0 Å². The van der Waals surface area contributed by atoms with Crippen LogP contribution in [0.2, 0.25) is 5.28 Å². The third-order valence-corrected chi connectivity index (χ3v) is 4.35. The molecule has 0 saturated heterocycles. The lowest BCUT2D eigenvalue weighted by Crippen LogP contribution is -2.35. The summed E-state index contributed by atoms with van der Waals surface area (Å²) in [6.07, 6.45) is 5.61. The Kier molecular flexibility index (Phi) is 3.97. The second-order valence-electron chi connectivity index (χ2n) is 7.57. The number of halogens is 1. The minimum atomic E-state index is 0.351. The molecule has 0 aliphatic heterocycles. The Labute approximate surface area is 121 Å². The van der Waals surface area contributed by atoms with Crippen molar-refractivity contribution in [2.24, 2.45) is 10.8 Å². The first kappa shape index (κ1) is 14.8. The van der Waals surface area contributed by atoms with Crippen LogP contribution in [0.1, 0.15) is 72.2 Å². The van der Waals surface area contributed by atoms with Gasteiger partial charge in [-0.05, 0) is 48.1 Å². The normalized spacial score (nSPS) is 22.6. The van der Waals surface area contributed by atoms with Gasteiger partial charge in [0, 0.05) is 12.5 Å². The zero-order valence-corrected chi connectivity index (χ0v) is 13.6. The Morgan fingerprint density at radius 3 is 2.26 bits per heavy atom. The molecule has 0 spiro atoms. The van der Waals surface area contributed by atoms with Gasteiger partial charge < -0.3 is 0 Å². The van der Waals surface area contributed by atoms with Crippen LogP contribution in [0, 0.1) is 10.8 Å². The van der Waals surface area contributed by atoms with E-state index in [0.29, 0.717) is 22.2 Å². The monoisotopic (exact) mass is 283 g/mol. The zero-order chi connectivity index (χ0) is 14.3. The molecule has 0 amide bonds. The third kappa shape index (κ3) is 3.31. The minimum absolute atomic E-state index is 0.351. The van der Waals surface area contributed by atoms with Gasteiger partial charge in [0.2, 0.25) is 5.28 Å². The van der Waals surface area contributed by atoms with Crippen LogP contribution in [0.15, 0.2) is 0 Å². The standard InChI is InChI=1S/C15H26ClN3/c1-6-7-12-17-18-13(16)19(12)11-8-14(2,3)10-15(4,5)9-11/h11H,6-10H2,1-5H3. The molecule has 1 saturated carbocycles. The molecule has 1 aromatic heterocycles. The molecule has 3 nitrogen and oxygen atoms in total. The van der Waals surface area contributed by atoms with Gasteiger partial charge in [0.1, 0.15) is 5.82 Å². The maximum atomic E-state index is 6.29. The van der Waals surface area contributed by atoms with Crippen molar-refractivity contribution in [2.45, 2.75) is 72.8 Å². The molecule has 0 atom stereocenters. The van der Waals surface area contributed by atoms with Crippen LogP contribution in [-0.4, -0.2) is 14.8 Å². The number of nitrogens with zero attached hydrogens (tertiary/aromatic N) is 3. The molecule has 0 radical (unpaired) electrons. The molecule has 0 N–H and O–H groups in total.